The number of carbonyl (C=O) groups excluding carboxylic acids is 1. The molecule has 0 unspecified atom stereocenters. The Kier molecular flexibility index (Phi) is 6.37. The number of sulfonamides is 1. The van der Waals surface area contributed by atoms with Gasteiger partial charge in [0.15, 0.2) is 11.1 Å². The number of imidazole rings is 1. The molecule has 0 N–H and O–H groups in total. The van der Waals surface area contributed by atoms with Crippen LogP contribution in [0.1, 0.15) is 24.4 Å². The third-order valence-electron chi connectivity index (χ3n) is 5.82. The SMILES string of the molecule is COCCO[C@H]1C(=O)N(C2CCN(S(=O)(=O)c3cn(C)cn3)CC2)[C@H]1c1ccncc1. The van der Waals surface area contributed by atoms with E-state index in [0.717, 1.165) is 5.56 Å². The Bertz CT molecular complexity index is 1000. The largest absolute Gasteiger partial charge is 0.382 e. The highest BCUT2D eigenvalue weighted by atomic mass is 32.2. The molecule has 31 heavy (non-hydrogen) atoms. The molecule has 0 aliphatic carbocycles. The number of β-lactam (4-membered cyclic amide) rings is 1. The van der Waals surface area contributed by atoms with Gasteiger partial charge in [-0.15, -0.1) is 0 Å². The second kappa shape index (κ2) is 9.03. The first-order valence-corrected chi connectivity index (χ1v) is 11.7. The first kappa shape index (κ1) is 21.9. The van der Waals surface area contributed by atoms with Crippen LogP contribution in [0.4, 0.5) is 0 Å². The smallest absolute Gasteiger partial charge is 0.262 e. The quantitative estimate of drug-likeness (QED) is 0.429. The predicted octanol–water partition coefficient (Wildman–Crippen LogP) is 0.583. The summed E-state index contributed by atoms with van der Waals surface area (Å²) in [6, 6.07) is 3.51. The molecule has 4 rings (SSSR count). The fraction of sp³-hybridized carbons (Fsp3) is 0.550. The second-order valence-electron chi connectivity index (χ2n) is 7.77. The van der Waals surface area contributed by atoms with E-state index in [4.69, 9.17) is 9.47 Å². The molecule has 1 amide bonds. The van der Waals surface area contributed by atoms with E-state index >= 15 is 0 Å². The summed E-state index contributed by atoms with van der Waals surface area (Å²) in [6.07, 6.45) is 6.93. The minimum absolute atomic E-state index is 0.0507. The van der Waals surface area contributed by atoms with Crippen molar-refractivity contribution in [3.63, 3.8) is 0 Å². The summed E-state index contributed by atoms with van der Waals surface area (Å²) in [5, 5.41) is 0.0507. The molecule has 0 radical (unpaired) electrons. The number of hydrogen-bond acceptors (Lipinski definition) is 7. The van der Waals surface area contributed by atoms with E-state index in [0.29, 0.717) is 39.1 Å². The first-order valence-electron chi connectivity index (χ1n) is 10.2. The number of aryl methyl sites for hydroxylation is 1. The van der Waals surface area contributed by atoms with Gasteiger partial charge >= 0.3 is 0 Å². The number of aromatic nitrogens is 3. The highest BCUT2D eigenvalue weighted by molar-refractivity contribution is 7.89. The van der Waals surface area contributed by atoms with Crippen molar-refractivity contribution >= 4 is 15.9 Å². The Labute approximate surface area is 181 Å². The van der Waals surface area contributed by atoms with Gasteiger partial charge in [-0.05, 0) is 30.5 Å². The average molecular weight is 450 g/mol. The van der Waals surface area contributed by atoms with Crippen molar-refractivity contribution in [3.8, 4) is 0 Å². The van der Waals surface area contributed by atoms with Gasteiger partial charge in [-0.1, -0.05) is 0 Å². The monoisotopic (exact) mass is 449 g/mol. The molecule has 11 heteroatoms. The van der Waals surface area contributed by atoms with Crippen LogP contribution >= 0.6 is 0 Å². The van der Waals surface area contributed by atoms with Crippen LogP contribution in [0.15, 0.2) is 42.1 Å². The van der Waals surface area contributed by atoms with Gasteiger partial charge in [0.05, 0.1) is 25.6 Å². The minimum Gasteiger partial charge on any atom is -0.382 e. The zero-order valence-electron chi connectivity index (χ0n) is 17.6. The van der Waals surface area contributed by atoms with Gasteiger partial charge in [0.25, 0.3) is 15.9 Å². The number of rotatable bonds is 8. The third kappa shape index (κ3) is 4.22. The number of amides is 1. The van der Waals surface area contributed by atoms with Crippen molar-refractivity contribution in [3.05, 3.63) is 42.6 Å². The molecule has 0 spiro atoms. The molecular weight excluding hydrogens is 422 g/mol. The molecule has 0 saturated carbocycles. The number of nitrogens with zero attached hydrogens (tertiary/aromatic N) is 5. The standard InChI is InChI=1S/C20H27N5O5S/c1-23-13-17(22-14-23)31(27,28)24-9-5-16(6-10-24)25-18(15-3-7-21-8-4-15)19(20(25)26)30-12-11-29-2/h3-4,7-8,13-14,16,18-19H,5-6,9-12H2,1-2H3/t18-,19+/m0/s1. The first-order chi connectivity index (χ1) is 14.9. The number of carbonyl (C=O) groups is 1. The van der Waals surface area contributed by atoms with Crippen molar-refractivity contribution in [2.75, 3.05) is 33.4 Å². The maximum Gasteiger partial charge on any atom is 0.262 e. The van der Waals surface area contributed by atoms with E-state index in [9.17, 15) is 13.2 Å². The van der Waals surface area contributed by atoms with Crippen LogP contribution in [0.25, 0.3) is 0 Å². The molecule has 4 heterocycles. The summed E-state index contributed by atoms with van der Waals surface area (Å²) >= 11 is 0. The lowest BCUT2D eigenvalue weighted by molar-refractivity contribution is -0.183. The topological polar surface area (TPSA) is 107 Å². The van der Waals surface area contributed by atoms with E-state index in [1.165, 1.54) is 16.8 Å². The van der Waals surface area contributed by atoms with Gasteiger partial charge in [-0.2, -0.15) is 4.31 Å². The van der Waals surface area contributed by atoms with Crippen LogP contribution in [0.2, 0.25) is 0 Å². The van der Waals surface area contributed by atoms with Crippen molar-refractivity contribution in [2.24, 2.45) is 7.05 Å². The van der Waals surface area contributed by atoms with Crippen molar-refractivity contribution in [1.29, 1.82) is 0 Å². The van der Waals surface area contributed by atoms with Gasteiger partial charge in [0, 0.05) is 51.9 Å². The van der Waals surface area contributed by atoms with E-state index in [-0.39, 0.29) is 23.0 Å². The Morgan fingerprint density at radius 2 is 1.87 bits per heavy atom. The van der Waals surface area contributed by atoms with Gasteiger partial charge in [-0.3, -0.25) is 9.78 Å². The molecule has 2 aromatic rings. The lowest BCUT2D eigenvalue weighted by atomic mass is 9.87. The molecule has 2 aliphatic heterocycles. The van der Waals surface area contributed by atoms with Crippen LogP contribution < -0.4 is 0 Å². The third-order valence-corrected chi connectivity index (χ3v) is 7.60. The minimum atomic E-state index is -3.63. The number of likely N-dealkylation sites (tertiary alicyclic amines) is 1. The average Bonchev–Trinajstić information content (AvgIpc) is 3.23. The Morgan fingerprint density at radius 1 is 1.16 bits per heavy atom. The highest BCUT2D eigenvalue weighted by Crippen LogP contribution is 2.41. The molecule has 0 aromatic carbocycles. The highest BCUT2D eigenvalue weighted by Gasteiger charge is 2.52. The zero-order valence-corrected chi connectivity index (χ0v) is 18.4. The molecule has 2 aromatic heterocycles. The van der Waals surface area contributed by atoms with E-state index in [2.05, 4.69) is 9.97 Å². The lowest BCUT2D eigenvalue weighted by Gasteiger charge is -2.52. The van der Waals surface area contributed by atoms with Crippen LogP contribution in [-0.2, 0) is 31.3 Å². The fourth-order valence-electron chi connectivity index (χ4n) is 4.22. The Hall–Kier alpha value is -2.34. The fourth-order valence-corrected chi connectivity index (χ4v) is 5.66. The second-order valence-corrected chi connectivity index (χ2v) is 9.65. The van der Waals surface area contributed by atoms with Crippen molar-refractivity contribution in [2.45, 2.75) is 36.1 Å². The summed E-state index contributed by atoms with van der Waals surface area (Å²) in [6.45, 7) is 1.43. The number of ether oxygens (including phenoxy) is 2. The molecular formula is C20H27N5O5S. The summed E-state index contributed by atoms with van der Waals surface area (Å²) < 4.78 is 39.6. The molecule has 2 saturated heterocycles. The Morgan fingerprint density at radius 3 is 2.48 bits per heavy atom. The van der Waals surface area contributed by atoms with Crippen molar-refractivity contribution in [1.82, 2.24) is 23.7 Å². The van der Waals surface area contributed by atoms with E-state index in [1.54, 1.807) is 31.1 Å². The molecule has 2 atom stereocenters. The maximum absolute atomic E-state index is 12.9. The summed E-state index contributed by atoms with van der Waals surface area (Å²) in [5.74, 6) is -0.0658. The molecule has 2 aliphatic rings. The summed E-state index contributed by atoms with van der Waals surface area (Å²) in [5.41, 5.74) is 0.959. The number of hydrogen-bond donors (Lipinski definition) is 0. The summed E-state index contributed by atoms with van der Waals surface area (Å²) in [7, 11) is -0.310. The maximum atomic E-state index is 12.9. The number of pyridine rings is 1. The van der Waals surface area contributed by atoms with Crippen LogP contribution in [-0.4, -0.2) is 83.6 Å². The van der Waals surface area contributed by atoms with Crippen LogP contribution in [0.5, 0.6) is 0 Å². The summed E-state index contributed by atoms with van der Waals surface area (Å²) in [4.78, 5) is 22.8. The number of methoxy groups -OCH3 is 1. The van der Waals surface area contributed by atoms with Crippen LogP contribution in [0, 0.1) is 0 Å². The van der Waals surface area contributed by atoms with Gasteiger partial charge in [-0.25, -0.2) is 13.4 Å². The van der Waals surface area contributed by atoms with Crippen molar-refractivity contribution < 1.29 is 22.7 Å². The molecule has 10 nitrogen and oxygen atoms in total. The molecule has 0 bridgehead atoms. The molecule has 2 fully saturated rings. The Balaban J connectivity index is 1.46. The van der Waals surface area contributed by atoms with E-state index < -0.39 is 16.1 Å². The van der Waals surface area contributed by atoms with Gasteiger partial charge in [0.1, 0.15) is 0 Å². The van der Waals surface area contributed by atoms with Gasteiger partial charge in [0.2, 0.25) is 0 Å². The normalized spacial score (nSPS) is 23.2. The van der Waals surface area contributed by atoms with E-state index in [1.807, 2.05) is 17.0 Å². The lowest BCUT2D eigenvalue weighted by Crippen LogP contribution is -2.64. The molecule has 168 valence electrons. The zero-order chi connectivity index (χ0) is 22.0. The van der Waals surface area contributed by atoms with Crippen LogP contribution in [0.3, 0.4) is 0 Å². The predicted molar refractivity (Wildman–Crippen MR) is 110 cm³/mol. The van der Waals surface area contributed by atoms with Gasteiger partial charge < -0.3 is 18.9 Å². The number of piperidine rings is 1.